The van der Waals surface area contributed by atoms with Crippen molar-refractivity contribution in [1.82, 2.24) is 9.97 Å². The molecule has 0 radical (unpaired) electrons. The lowest BCUT2D eigenvalue weighted by atomic mass is 9.85. The van der Waals surface area contributed by atoms with E-state index in [-0.39, 0.29) is 5.41 Å². The third-order valence-electron chi connectivity index (χ3n) is 2.31. The van der Waals surface area contributed by atoms with Crippen LogP contribution in [0.15, 0.2) is 17.0 Å². The molecule has 0 unspecified atom stereocenters. The van der Waals surface area contributed by atoms with Gasteiger partial charge >= 0.3 is 0 Å². The van der Waals surface area contributed by atoms with Crippen LogP contribution in [0.5, 0.6) is 0 Å². The highest BCUT2D eigenvalue weighted by Gasteiger charge is 2.22. The molecule has 0 spiro atoms. The number of pyridine rings is 1. The highest BCUT2D eigenvalue weighted by molar-refractivity contribution is 5.76. The van der Waals surface area contributed by atoms with E-state index in [0.717, 1.165) is 22.4 Å². The van der Waals surface area contributed by atoms with Gasteiger partial charge in [0.25, 0.3) is 0 Å². The van der Waals surface area contributed by atoms with Gasteiger partial charge < -0.3 is 4.42 Å². The number of fused-ring (bicyclic) bond motifs is 1. The summed E-state index contributed by atoms with van der Waals surface area (Å²) in [5.74, 6) is 0. The summed E-state index contributed by atoms with van der Waals surface area (Å²) in [6.07, 6.45) is 3.23. The average molecular weight is 190 g/mol. The summed E-state index contributed by atoms with van der Waals surface area (Å²) in [6, 6.07) is 0. The van der Waals surface area contributed by atoms with Gasteiger partial charge in [-0.2, -0.15) is 0 Å². The molecule has 3 nitrogen and oxygen atoms in total. The summed E-state index contributed by atoms with van der Waals surface area (Å²) >= 11 is 0. The van der Waals surface area contributed by atoms with Crippen LogP contribution in [0, 0.1) is 6.92 Å². The SMILES string of the molecule is Cc1ncc2ncoc2c1C(C)(C)C. The van der Waals surface area contributed by atoms with Crippen molar-refractivity contribution in [1.29, 1.82) is 0 Å². The molecule has 2 rings (SSSR count). The van der Waals surface area contributed by atoms with Gasteiger partial charge in [-0.05, 0) is 12.3 Å². The van der Waals surface area contributed by atoms with Crippen LogP contribution in [0.2, 0.25) is 0 Å². The predicted molar refractivity (Wildman–Crippen MR) is 55.2 cm³/mol. The molecule has 0 saturated heterocycles. The molecular weight excluding hydrogens is 176 g/mol. The third kappa shape index (κ3) is 1.29. The second-order valence-corrected chi connectivity index (χ2v) is 4.54. The lowest BCUT2D eigenvalue weighted by molar-refractivity contribution is 0.549. The maximum absolute atomic E-state index is 5.41. The number of aryl methyl sites for hydroxylation is 1. The second kappa shape index (κ2) is 2.80. The van der Waals surface area contributed by atoms with Gasteiger partial charge in [0.1, 0.15) is 5.52 Å². The maximum Gasteiger partial charge on any atom is 0.182 e. The van der Waals surface area contributed by atoms with Crippen LogP contribution in [0.3, 0.4) is 0 Å². The van der Waals surface area contributed by atoms with Gasteiger partial charge in [-0.3, -0.25) is 4.98 Å². The predicted octanol–water partition coefficient (Wildman–Crippen LogP) is 2.83. The Labute approximate surface area is 83.2 Å². The zero-order valence-corrected chi connectivity index (χ0v) is 8.96. The molecule has 0 aromatic carbocycles. The Kier molecular flexibility index (Phi) is 1.84. The van der Waals surface area contributed by atoms with Gasteiger partial charge in [0.2, 0.25) is 0 Å². The number of hydrogen-bond donors (Lipinski definition) is 0. The Morgan fingerprint density at radius 1 is 1.21 bits per heavy atom. The fraction of sp³-hybridized carbons (Fsp3) is 0.455. The van der Waals surface area contributed by atoms with Gasteiger partial charge in [-0.1, -0.05) is 20.8 Å². The molecule has 0 amide bonds. The summed E-state index contributed by atoms with van der Waals surface area (Å²) in [6.45, 7) is 8.46. The van der Waals surface area contributed by atoms with Gasteiger partial charge in [-0.15, -0.1) is 0 Å². The Balaban J connectivity index is 2.83. The van der Waals surface area contributed by atoms with Gasteiger partial charge in [-0.25, -0.2) is 4.98 Å². The Bertz CT molecular complexity index is 466. The molecule has 74 valence electrons. The van der Waals surface area contributed by atoms with Crippen molar-refractivity contribution >= 4 is 11.1 Å². The number of oxazole rings is 1. The quantitative estimate of drug-likeness (QED) is 0.641. The Hall–Kier alpha value is -1.38. The molecule has 0 atom stereocenters. The van der Waals surface area contributed by atoms with Crippen LogP contribution in [-0.2, 0) is 5.41 Å². The van der Waals surface area contributed by atoms with E-state index in [9.17, 15) is 0 Å². The van der Waals surface area contributed by atoms with E-state index in [1.165, 1.54) is 6.39 Å². The number of hydrogen-bond acceptors (Lipinski definition) is 3. The van der Waals surface area contributed by atoms with E-state index >= 15 is 0 Å². The smallest absolute Gasteiger partial charge is 0.182 e. The molecule has 2 aromatic rings. The first kappa shape index (κ1) is 9.19. The number of nitrogens with zero attached hydrogens (tertiary/aromatic N) is 2. The summed E-state index contributed by atoms with van der Waals surface area (Å²) in [5, 5.41) is 0. The Morgan fingerprint density at radius 3 is 2.57 bits per heavy atom. The van der Waals surface area contributed by atoms with Crippen LogP contribution in [0.1, 0.15) is 32.0 Å². The van der Waals surface area contributed by atoms with E-state index in [2.05, 4.69) is 30.7 Å². The zero-order chi connectivity index (χ0) is 10.3. The first-order valence-electron chi connectivity index (χ1n) is 4.69. The molecule has 0 saturated carbocycles. The third-order valence-corrected chi connectivity index (χ3v) is 2.31. The van der Waals surface area contributed by atoms with Gasteiger partial charge in [0.15, 0.2) is 12.0 Å². The van der Waals surface area contributed by atoms with E-state index < -0.39 is 0 Å². The first-order valence-corrected chi connectivity index (χ1v) is 4.69. The molecule has 2 aromatic heterocycles. The molecule has 0 fully saturated rings. The summed E-state index contributed by atoms with van der Waals surface area (Å²) in [7, 11) is 0. The van der Waals surface area contributed by atoms with Crippen molar-refractivity contribution < 1.29 is 4.42 Å². The van der Waals surface area contributed by atoms with Crippen LogP contribution < -0.4 is 0 Å². The highest BCUT2D eigenvalue weighted by Crippen LogP contribution is 2.30. The molecule has 0 aliphatic heterocycles. The highest BCUT2D eigenvalue weighted by atomic mass is 16.3. The minimum Gasteiger partial charge on any atom is -0.443 e. The molecule has 3 heteroatoms. The average Bonchev–Trinajstić information content (AvgIpc) is 2.48. The van der Waals surface area contributed by atoms with Gasteiger partial charge in [0, 0.05) is 11.3 Å². The lowest BCUT2D eigenvalue weighted by Gasteiger charge is -2.20. The van der Waals surface area contributed by atoms with Crippen molar-refractivity contribution in [2.45, 2.75) is 33.1 Å². The molecule has 0 N–H and O–H groups in total. The summed E-state index contributed by atoms with van der Waals surface area (Å²) in [5.41, 5.74) is 3.90. The zero-order valence-electron chi connectivity index (χ0n) is 8.96. The molecule has 14 heavy (non-hydrogen) atoms. The van der Waals surface area contributed by atoms with Crippen LogP contribution in [0.25, 0.3) is 11.1 Å². The monoisotopic (exact) mass is 190 g/mol. The minimum absolute atomic E-state index is 0.0378. The second-order valence-electron chi connectivity index (χ2n) is 4.54. The van der Waals surface area contributed by atoms with Crippen molar-refractivity contribution in [2.24, 2.45) is 0 Å². The topological polar surface area (TPSA) is 38.9 Å². The van der Waals surface area contributed by atoms with E-state index in [1.54, 1.807) is 6.20 Å². The fourth-order valence-corrected chi connectivity index (χ4v) is 1.80. The molecule has 2 heterocycles. The van der Waals surface area contributed by atoms with Crippen LogP contribution in [-0.4, -0.2) is 9.97 Å². The Morgan fingerprint density at radius 2 is 1.93 bits per heavy atom. The number of aromatic nitrogens is 2. The minimum atomic E-state index is 0.0378. The first-order chi connectivity index (χ1) is 6.50. The molecule has 0 bridgehead atoms. The normalized spacial score (nSPS) is 12.3. The van der Waals surface area contributed by atoms with E-state index in [0.29, 0.717) is 0 Å². The largest absolute Gasteiger partial charge is 0.443 e. The maximum atomic E-state index is 5.41. The molecular formula is C11H14N2O. The van der Waals surface area contributed by atoms with E-state index in [1.807, 2.05) is 6.92 Å². The van der Waals surface area contributed by atoms with E-state index in [4.69, 9.17) is 4.42 Å². The lowest BCUT2D eigenvalue weighted by Crippen LogP contribution is -2.14. The van der Waals surface area contributed by atoms with Crippen molar-refractivity contribution in [3.05, 3.63) is 23.8 Å². The van der Waals surface area contributed by atoms with Gasteiger partial charge in [0.05, 0.1) is 6.20 Å². The van der Waals surface area contributed by atoms with Crippen LogP contribution in [0.4, 0.5) is 0 Å². The van der Waals surface area contributed by atoms with Crippen molar-refractivity contribution in [3.63, 3.8) is 0 Å². The van der Waals surface area contributed by atoms with Crippen molar-refractivity contribution in [2.75, 3.05) is 0 Å². The number of rotatable bonds is 0. The molecule has 0 aliphatic rings. The standard InChI is InChI=1S/C11H14N2O/c1-7-9(11(2,3)4)10-8(5-12-7)13-6-14-10/h5-6H,1-4H3. The fourth-order valence-electron chi connectivity index (χ4n) is 1.80. The molecule has 0 aliphatic carbocycles. The van der Waals surface area contributed by atoms with Crippen LogP contribution >= 0.6 is 0 Å². The summed E-state index contributed by atoms with van der Waals surface area (Å²) < 4.78 is 5.41. The van der Waals surface area contributed by atoms with Crippen molar-refractivity contribution in [3.8, 4) is 0 Å². The summed E-state index contributed by atoms with van der Waals surface area (Å²) in [4.78, 5) is 8.43.